The third-order valence-corrected chi connectivity index (χ3v) is 4.61. The van der Waals surface area contributed by atoms with Crippen LogP contribution in [0.5, 0.6) is 0 Å². The second-order valence-electron chi connectivity index (χ2n) is 6.55. The van der Waals surface area contributed by atoms with Crippen LogP contribution in [0.4, 0.5) is 5.69 Å². The highest BCUT2D eigenvalue weighted by molar-refractivity contribution is 6.31. The second-order valence-corrected chi connectivity index (χ2v) is 6.99. The molecule has 0 saturated heterocycles. The van der Waals surface area contributed by atoms with Gasteiger partial charge in [-0.05, 0) is 44.0 Å². The maximum Gasteiger partial charge on any atom is 0.240 e. The van der Waals surface area contributed by atoms with Crippen molar-refractivity contribution in [1.29, 1.82) is 0 Å². The Balaban J connectivity index is 1.57. The van der Waals surface area contributed by atoms with Gasteiger partial charge >= 0.3 is 0 Å². The van der Waals surface area contributed by atoms with E-state index in [2.05, 4.69) is 26.9 Å². The van der Waals surface area contributed by atoms with E-state index < -0.39 is 5.41 Å². The van der Waals surface area contributed by atoms with Crippen LogP contribution < -0.4 is 26.7 Å². The van der Waals surface area contributed by atoms with Crippen LogP contribution in [0.2, 0.25) is 5.02 Å². The molecule has 1 aromatic carbocycles. The highest BCUT2D eigenvalue weighted by Gasteiger charge is 2.44. The summed E-state index contributed by atoms with van der Waals surface area (Å²) in [7, 11) is 0. The molecule has 0 aliphatic carbocycles. The van der Waals surface area contributed by atoms with Crippen LogP contribution >= 0.6 is 11.6 Å². The Morgan fingerprint density at radius 3 is 2.92 bits per heavy atom. The second kappa shape index (κ2) is 6.89. The topological polar surface area (TPSA) is 97.9 Å². The van der Waals surface area contributed by atoms with Crippen LogP contribution in [0.15, 0.2) is 23.3 Å². The van der Waals surface area contributed by atoms with Gasteiger partial charge in [0.05, 0.1) is 5.41 Å². The fraction of sp³-hybridized carbons (Fsp3) is 0.438. The van der Waals surface area contributed by atoms with E-state index in [-0.39, 0.29) is 18.4 Å². The Morgan fingerprint density at radius 2 is 2.20 bits per heavy atom. The first-order chi connectivity index (χ1) is 11.9. The van der Waals surface area contributed by atoms with E-state index in [1.807, 2.05) is 13.8 Å². The first-order valence-electron chi connectivity index (χ1n) is 8.11. The van der Waals surface area contributed by atoms with Gasteiger partial charge in [-0.2, -0.15) is 0 Å². The molecule has 0 bridgehead atoms. The van der Waals surface area contributed by atoms with Gasteiger partial charge in [0.1, 0.15) is 12.4 Å². The predicted octanol–water partition coefficient (Wildman–Crippen LogP) is 0.787. The van der Waals surface area contributed by atoms with Gasteiger partial charge in [0.2, 0.25) is 11.8 Å². The van der Waals surface area contributed by atoms with Crippen molar-refractivity contribution in [3.05, 3.63) is 28.8 Å². The number of amides is 2. The zero-order valence-electron chi connectivity index (χ0n) is 14.1. The number of fused-ring (bicyclic) bond motifs is 1. The van der Waals surface area contributed by atoms with E-state index in [0.29, 0.717) is 18.0 Å². The third kappa shape index (κ3) is 3.54. The van der Waals surface area contributed by atoms with Crippen molar-refractivity contribution in [3.63, 3.8) is 0 Å². The number of carbonyl (C=O) groups excluding carboxylic acids is 2. The SMILES string of the molecule is CC1(C)C(=O)N(CC(=O)NCCCC2=NNNN2)c2ccc(Cl)cc21. The number of rotatable bonds is 6. The van der Waals surface area contributed by atoms with Crippen LogP contribution in [0, 0.1) is 0 Å². The molecule has 0 saturated carbocycles. The number of amidine groups is 1. The van der Waals surface area contributed by atoms with Gasteiger partial charge in [0, 0.05) is 23.7 Å². The molecule has 9 heteroatoms. The lowest BCUT2D eigenvalue weighted by Crippen LogP contribution is -2.43. The van der Waals surface area contributed by atoms with E-state index in [0.717, 1.165) is 23.5 Å². The summed E-state index contributed by atoms with van der Waals surface area (Å²) in [5, 5.41) is 7.38. The zero-order chi connectivity index (χ0) is 18.0. The lowest BCUT2D eigenvalue weighted by atomic mass is 9.86. The average Bonchev–Trinajstić information content (AvgIpc) is 3.14. The minimum absolute atomic E-state index is 0.000790. The molecule has 25 heavy (non-hydrogen) atoms. The van der Waals surface area contributed by atoms with E-state index in [1.165, 1.54) is 4.90 Å². The number of hydrogen-bond acceptors (Lipinski definition) is 6. The van der Waals surface area contributed by atoms with Crippen molar-refractivity contribution < 1.29 is 9.59 Å². The summed E-state index contributed by atoms with van der Waals surface area (Å²) < 4.78 is 0. The maximum atomic E-state index is 12.7. The Kier molecular flexibility index (Phi) is 4.82. The number of hydrazine groups is 2. The summed E-state index contributed by atoms with van der Waals surface area (Å²) in [5.41, 5.74) is 8.99. The zero-order valence-corrected chi connectivity index (χ0v) is 14.9. The van der Waals surface area contributed by atoms with E-state index in [9.17, 15) is 9.59 Å². The number of anilines is 1. The molecule has 0 radical (unpaired) electrons. The van der Waals surface area contributed by atoms with Crippen molar-refractivity contribution in [2.45, 2.75) is 32.1 Å². The molecule has 2 aliphatic rings. The van der Waals surface area contributed by atoms with Crippen LogP contribution in [-0.4, -0.2) is 30.7 Å². The van der Waals surface area contributed by atoms with Crippen molar-refractivity contribution in [1.82, 2.24) is 21.8 Å². The molecular weight excluding hydrogens is 344 g/mol. The summed E-state index contributed by atoms with van der Waals surface area (Å²) in [4.78, 5) is 26.5. The number of benzene rings is 1. The normalized spacial score (nSPS) is 17.6. The molecule has 2 heterocycles. The molecule has 0 atom stereocenters. The minimum Gasteiger partial charge on any atom is -0.355 e. The van der Waals surface area contributed by atoms with Crippen molar-refractivity contribution in [2.24, 2.45) is 5.10 Å². The van der Waals surface area contributed by atoms with Crippen LogP contribution in [0.25, 0.3) is 0 Å². The Labute approximate surface area is 150 Å². The molecule has 0 fully saturated rings. The number of hydrogen-bond donors (Lipinski definition) is 4. The lowest BCUT2D eigenvalue weighted by molar-refractivity contribution is -0.125. The van der Waals surface area contributed by atoms with E-state index in [1.54, 1.807) is 18.2 Å². The first-order valence-corrected chi connectivity index (χ1v) is 8.48. The molecule has 0 aromatic heterocycles. The summed E-state index contributed by atoms with van der Waals surface area (Å²) in [6.45, 7) is 4.21. The molecule has 134 valence electrons. The number of carbonyl (C=O) groups is 2. The first kappa shape index (κ1) is 17.5. The van der Waals surface area contributed by atoms with Crippen LogP contribution in [0.3, 0.4) is 0 Å². The average molecular weight is 365 g/mol. The predicted molar refractivity (Wildman–Crippen MR) is 95.9 cm³/mol. The number of nitrogens with zero attached hydrogens (tertiary/aromatic N) is 2. The molecular formula is C16H21ClN6O2. The highest BCUT2D eigenvalue weighted by Crippen LogP contribution is 2.42. The quantitative estimate of drug-likeness (QED) is 0.559. The lowest BCUT2D eigenvalue weighted by Gasteiger charge is -2.20. The molecule has 4 N–H and O–H groups in total. The Hall–Kier alpha value is -2.32. The van der Waals surface area contributed by atoms with Gasteiger partial charge in [-0.1, -0.05) is 11.6 Å². The van der Waals surface area contributed by atoms with E-state index in [4.69, 9.17) is 11.6 Å². The van der Waals surface area contributed by atoms with Gasteiger partial charge in [0.25, 0.3) is 0 Å². The fourth-order valence-electron chi connectivity index (χ4n) is 2.99. The molecule has 2 aliphatic heterocycles. The van der Waals surface area contributed by atoms with Crippen molar-refractivity contribution >= 4 is 34.9 Å². The third-order valence-electron chi connectivity index (χ3n) is 4.37. The summed E-state index contributed by atoms with van der Waals surface area (Å²) >= 11 is 6.06. The largest absolute Gasteiger partial charge is 0.355 e. The number of hydrazone groups is 1. The Bertz CT molecular complexity index is 733. The molecule has 1 aromatic rings. The molecule has 8 nitrogen and oxygen atoms in total. The van der Waals surface area contributed by atoms with Gasteiger partial charge < -0.3 is 10.2 Å². The summed E-state index contributed by atoms with van der Waals surface area (Å²) in [5.74, 6) is 0.502. The molecule has 0 spiro atoms. The smallest absolute Gasteiger partial charge is 0.240 e. The van der Waals surface area contributed by atoms with Crippen molar-refractivity contribution in [2.75, 3.05) is 18.0 Å². The summed E-state index contributed by atoms with van der Waals surface area (Å²) in [6.07, 6.45) is 1.45. The molecule has 2 amide bonds. The van der Waals surface area contributed by atoms with Crippen LogP contribution in [-0.2, 0) is 15.0 Å². The van der Waals surface area contributed by atoms with Gasteiger partial charge in [0.15, 0.2) is 0 Å². The summed E-state index contributed by atoms with van der Waals surface area (Å²) in [6, 6.07) is 5.32. The van der Waals surface area contributed by atoms with Crippen LogP contribution in [0.1, 0.15) is 32.3 Å². The van der Waals surface area contributed by atoms with Crippen molar-refractivity contribution in [3.8, 4) is 0 Å². The molecule has 3 rings (SSSR count). The van der Waals surface area contributed by atoms with E-state index >= 15 is 0 Å². The fourth-order valence-corrected chi connectivity index (χ4v) is 3.16. The van der Waals surface area contributed by atoms with Gasteiger partial charge in [-0.25, -0.2) is 5.53 Å². The highest BCUT2D eigenvalue weighted by atomic mass is 35.5. The van der Waals surface area contributed by atoms with Gasteiger partial charge in [-0.15, -0.1) is 10.6 Å². The minimum atomic E-state index is -0.688. The number of halogens is 1. The standard InChI is InChI=1S/C16H21ClN6O2/c1-16(2)11-8-10(17)5-6-12(11)23(15(16)25)9-14(24)18-7-3-4-13-19-21-22-20-13/h5-6,8,21-22H,3-4,7,9H2,1-2H3,(H,18,24)(H,19,20). The van der Waals surface area contributed by atoms with Gasteiger partial charge in [-0.3, -0.25) is 15.0 Å². The molecule has 0 unspecified atom stereocenters. The Morgan fingerprint density at radius 1 is 1.40 bits per heavy atom. The number of nitrogens with one attached hydrogen (secondary N) is 4. The maximum absolute atomic E-state index is 12.7. The monoisotopic (exact) mass is 364 g/mol.